The van der Waals surface area contributed by atoms with Crippen LogP contribution in [0.25, 0.3) is 0 Å². The van der Waals surface area contributed by atoms with E-state index in [0.29, 0.717) is 13.0 Å². The van der Waals surface area contributed by atoms with Crippen LogP contribution in [0.5, 0.6) is 0 Å². The summed E-state index contributed by atoms with van der Waals surface area (Å²) in [6, 6.07) is 0.159. The van der Waals surface area contributed by atoms with Gasteiger partial charge in [0.2, 0.25) is 0 Å². The fourth-order valence-electron chi connectivity index (χ4n) is 2.75. The maximum Gasteiger partial charge on any atom is 0.315 e. The Labute approximate surface area is 121 Å². The average Bonchev–Trinajstić information content (AvgIpc) is 2.36. The summed E-state index contributed by atoms with van der Waals surface area (Å²) in [6.45, 7) is 5.03. The van der Waals surface area contributed by atoms with Gasteiger partial charge in [0, 0.05) is 19.0 Å². The van der Waals surface area contributed by atoms with Gasteiger partial charge < -0.3 is 15.7 Å². The summed E-state index contributed by atoms with van der Waals surface area (Å²) in [6.07, 6.45) is 7.19. The van der Waals surface area contributed by atoms with Crippen molar-refractivity contribution in [1.29, 1.82) is 0 Å². The van der Waals surface area contributed by atoms with Gasteiger partial charge in [0.15, 0.2) is 0 Å². The van der Waals surface area contributed by atoms with Crippen molar-refractivity contribution in [2.75, 3.05) is 6.54 Å². The highest BCUT2D eigenvalue weighted by Crippen LogP contribution is 2.35. The molecule has 1 unspecified atom stereocenters. The summed E-state index contributed by atoms with van der Waals surface area (Å²) in [5.74, 6) is -0.754. The quantitative estimate of drug-likeness (QED) is 0.629. The molecular formula is C15H28N2O3. The van der Waals surface area contributed by atoms with Gasteiger partial charge >= 0.3 is 12.0 Å². The Bertz CT molecular complexity index is 329. The highest BCUT2D eigenvalue weighted by molar-refractivity contribution is 5.74. The molecule has 20 heavy (non-hydrogen) atoms. The molecule has 116 valence electrons. The number of aliphatic carboxylic acids is 1. The summed E-state index contributed by atoms with van der Waals surface area (Å²) in [7, 11) is 0. The van der Waals surface area contributed by atoms with E-state index in [2.05, 4.69) is 24.5 Å². The molecule has 0 spiro atoms. The Kier molecular flexibility index (Phi) is 6.82. The molecule has 0 radical (unpaired) electrons. The van der Waals surface area contributed by atoms with Crippen LogP contribution in [0, 0.1) is 5.41 Å². The van der Waals surface area contributed by atoms with E-state index in [9.17, 15) is 9.59 Å². The van der Waals surface area contributed by atoms with E-state index in [-0.39, 0.29) is 23.9 Å². The minimum Gasteiger partial charge on any atom is -0.481 e. The predicted molar refractivity (Wildman–Crippen MR) is 78.7 cm³/mol. The molecule has 0 bridgehead atoms. The lowest BCUT2D eigenvalue weighted by Crippen LogP contribution is -2.50. The van der Waals surface area contributed by atoms with Gasteiger partial charge in [0.1, 0.15) is 0 Å². The second kappa shape index (κ2) is 8.12. The maximum absolute atomic E-state index is 11.8. The molecule has 0 aromatic heterocycles. The Morgan fingerprint density at radius 1 is 1.20 bits per heavy atom. The Morgan fingerprint density at radius 3 is 2.60 bits per heavy atom. The molecular weight excluding hydrogens is 256 g/mol. The molecule has 3 N–H and O–H groups in total. The molecule has 2 amide bonds. The normalized spacial score (nSPS) is 21.2. The van der Waals surface area contributed by atoms with Crippen molar-refractivity contribution in [2.45, 2.75) is 71.3 Å². The van der Waals surface area contributed by atoms with E-state index in [0.717, 1.165) is 25.7 Å². The number of rotatable bonds is 7. The molecule has 1 aliphatic rings. The van der Waals surface area contributed by atoms with Gasteiger partial charge in [-0.1, -0.05) is 33.1 Å². The summed E-state index contributed by atoms with van der Waals surface area (Å²) in [4.78, 5) is 22.2. The Morgan fingerprint density at radius 2 is 1.95 bits per heavy atom. The van der Waals surface area contributed by atoms with Gasteiger partial charge in [-0.3, -0.25) is 4.79 Å². The number of unbranched alkanes of at least 4 members (excludes halogenated alkanes) is 2. The summed E-state index contributed by atoms with van der Waals surface area (Å²) < 4.78 is 0. The van der Waals surface area contributed by atoms with Gasteiger partial charge in [0.05, 0.1) is 0 Å². The van der Waals surface area contributed by atoms with Crippen LogP contribution in [0.1, 0.15) is 65.2 Å². The van der Waals surface area contributed by atoms with Gasteiger partial charge in [-0.25, -0.2) is 4.79 Å². The van der Waals surface area contributed by atoms with Crippen molar-refractivity contribution in [2.24, 2.45) is 5.41 Å². The van der Waals surface area contributed by atoms with Crippen molar-refractivity contribution in [3.8, 4) is 0 Å². The lowest BCUT2D eigenvalue weighted by Gasteiger charge is -2.38. The number of urea groups is 1. The molecule has 0 aromatic rings. The highest BCUT2D eigenvalue weighted by atomic mass is 16.4. The first-order valence-electron chi connectivity index (χ1n) is 7.68. The minimum absolute atomic E-state index is 0.0943. The number of carbonyl (C=O) groups is 2. The number of carboxylic acid groups (broad SMARTS) is 1. The third-order valence-corrected chi connectivity index (χ3v) is 4.17. The second-order valence-corrected chi connectivity index (χ2v) is 6.39. The predicted octanol–water partition coefficient (Wildman–Crippen LogP) is 2.90. The number of hydrogen-bond acceptors (Lipinski definition) is 2. The van der Waals surface area contributed by atoms with Gasteiger partial charge in [0.25, 0.3) is 0 Å². The zero-order chi connectivity index (χ0) is 15.0. The zero-order valence-corrected chi connectivity index (χ0v) is 12.7. The van der Waals surface area contributed by atoms with Crippen molar-refractivity contribution < 1.29 is 14.7 Å². The highest BCUT2D eigenvalue weighted by Gasteiger charge is 2.32. The Hall–Kier alpha value is -1.26. The zero-order valence-electron chi connectivity index (χ0n) is 12.7. The molecule has 1 saturated carbocycles. The molecule has 1 fully saturated rings. The molecule has 1 atom stereocenters. The average molecular weight is 284 g/mol. The van der Waals surface area contributed by atoms with Gasteiger partial charge in [-0.05, 0) is 31.1 Å². The number of carboxylic acids is 1. The summed E-state index contributed by atoms with van der Waals surface area (Å²) in [5, 5.41) is 14.4. The van der Waals surface area contributed by atoms with Gasteiger partial charge in [-0.2, -0.15) is 0 Å². The lowest BCUT2D eigenvalue weighted by atomic mass is 9.73. The topological polar surface area (TPSA) is 78.4 Å². The third-order valence-electron chi connectivity index (χ3n) is 4.17. The van der Waals surface area contributed by atoms with E-state index < -0.39 is 5.97 Å². The summed E-state index contributed by atoms with van der Waals surface area (Å²) in [5.41, 5.74) is 0.178. The van der Waals surface area contributed by atoms with Crippen LogP contribution in [-0.2, 0) is 4.79 Å². The van der Waals surface area contributed by atoms with Crippen LogP contribution >= 0.6 is 0 Å². The van der Waals surface area contributed by atoms with E-state index in [1.165, 1.54) is 12.8 Å². The first-order valence-corrected chi connectivity index (χ1v) is 7.68. The van der Waals surface area contributed by atoms with Gasteiger partial charge in [-0.15, -0.1) is 0 Å². The van der Waals surface area contributed by atoms with Crippen LogP contribution in [-0.4, -0.2) is 29.7 Å². The molecule has 0 aromatic carbocycles. The van der Waals surface area contributed by atoms with E-state index in [4.69, 9.17) is 5.11 Å². The summed E-state index contributed by atoms with van der Waals surface area (Å²) >= 11 is 0. The second-order valence-electron chi connectivity index (χ2n) is 6.39. The van der Waals surface area contributed by atoms with Crippen LogP contribution in [0.2, 0.25) is 0 Å². The molecule has 0 heterocycles. The van der Waals surface area contributed by atoms with Crippen molar-refractivity contribution >= 4 is 12.0 Å². The molecule has 5 heteroatoms. The minimum atomic E-state index is -0.754. The fourth-order valence-corrected chi connectivity index (χ4v) is 2.75. The van der Waals surface area contributed by atoms with Crippen LogP contribution in [0.4, 0.5) is 4.79 Å². The Balaban J connectivity index is 2.12. The van der Waals surface area contributed by atoms with Crippen molar-refractivity contribution in [1.82, 2.24) is 10.6 Å². The largest absolute Gasteiger partial charge is 0.481 e. The first-order chi connectivity index (χ1) is 9.42. The smallest absolute Gasteiger partial charge is 0.315 e. The monoisotopic (exact) mass is 284 g/mol. The van der Waals surface area contributed by atoms with Crippen molar-refractivity contribution in [3.05, 3.63) is 0 Å². The molecule has 5 nitrogen and oxygen atoms in total. The molecule has 1 aliphatic carbocycles. The maximum atomic E-state index is 11.8. The number of amides is 2. The fraction of sp³-hybridized carbons (Fsp3) is 0.867. The lowest BCUT2D eigenvalue weighted by molar-refractivity contribution is -0.137. The number of nitrogens with one attached hydrogen (secondary N) is 2. The molecule has 0 aliphatic heterocycles. The number of carbonyl (C=O) groups excluding carboxylic acids is 1. The van der Waals surface area contributed by atoms with E-state index in [1.54, 1.807) is 0 Å². The SMILES string of the molecule is CC1(C)CCCCC1NC(=O)NCCCCCC(=O)O. The van der Waals surface area contributed by atoms with Crippen molar-refractivity contribution in [3.63, 3.8) is 0 Å². The molecule has 1 rings (SSSR count). The third kappa shape index (κ3) is 6.26. The van der Waals surface area contributed by atoms with Crippen LogP contribution in [0.15, 0.2) is 0 Å². The number of hydrogen-bond donors (Lipinski definition) is 3. The van der Waals surface area contributed by atoms with E-state index in [1.807, 2.05) is 0 Å². The van der Waals surface area contributed by atoms with Crippen LogP contribution < -0.4 is 10.6 Å². The molecule has 0 saturated heterocycles. The first kappa shape index (κ1) is 16.8. The standard InChI is InChI=1S/C15H28N2O3/c1-15(2)10-6-5-8-12(15)17-14(20)16-11-7-3-4-9-13(18)19/h12H,3-11H2,1-2H3,(H,18,19)(H2,16,17,20). The van der Waals surface area contributed by atoms with Crippen LogP contribution in [0.3, 0.4) is 0 Å². The van der Waals surface area contributed by atoms with E-state index >= 15 is 0 Å².